The van der Waals surface area contributed by atoms with E-state index >= 15 is 0 Å². The smallest absolute Gasteiger partial charge is 0.255 e. The quantitative estimate of drug-likeness (QED) is 0.519. The number of carbonyl (C=O) groups excluding carboxylic acids is 4. The molecule has 10 heteroatoms. The average Bonchev–Trinajstić information content (AvgIpc) is 3.55. The summed E-state index contributed by atoms with van der Waals surface area (Å²) >= 11 is 0. The van der Waals surface area contributed by atoms with Crippen molar-refractivity contribution >= 4 is 23.6 Å². The van der Waals surface area contributed by atoms with Crippen LogP contribution in [0.4, 0.5) is 0 Å². The highest BCUT2D eigenvalue weighted by molar-refractivity contribution is 6.05. The third-order valence-corrected chi connectivity index (χ3v) is 10.1. The zero-order chi connectivity index (χ0) is 29.6. The minimum atomic E-state index is -0.661. The molecule has 1 spiro atoms. The second-order valence-corrected chi connectivity index (χ2v) is 12.5. The van der Waals surface area contributed by atoms with Crippen LogP contribution < -0.4 is 14.8 Å². The first-order valence-corrected chi connectivity index (χ1v) is 15.6. The van der Waals surface area contributed by atoms with Gasteiger partial charge in [-0.05, 0) is 56.8 Å². The van der Waals surface area contributed by atoms with Crippen molar-refractivity contribution in [3.05, 3.63) is 59.2 Å². The van der Waals surface area contributed by atoms with E-state index in [4.69, 9.17) is 9.47 Å². The first-order valence-electron chi connectivity index (χ1n) is 15.6. The van der Waals surface area contributed by atoms with Crippen LogP contribution in [0.5, 0.6) is 11.5 Å². The van der Waals surface area contributed by atoms with E-state index < -0.39 is 11.9 Å². The fourth-order valence-corrected chi connectivity index (χ4v) is 7.61. The third-order valence-electron chi connectivity index (χ3n) is 10.1. The maximum atomic E-state index is 13.8. The summed E-state index contributed by atoms with van der Waals surface area (Å²) in [6, 6.07) is 12.9. The van der Waals surface area contributed by atoms with Gasteiger partial charge in [0.05, 0.1) is 19.2 Å². The number of hydrogen-bond donors (Lipinski definition) is 1. The van der Waals surface area contributed by atoms with Gasteiger partial charge >= 0.3 is 0 Å². The standard InChI is InChI=1S/C33H38N4O6/c38-29-12-11-25(30(39)34-29)37-20-23-22(31(37)40)6-5-10-27(23)42-19-18-35-15-4-3-8-26(35)32(41)36-16-13-33(14-17-36)21-43-28-9-2-1-7-24(28)33/h1-2,5-7,9-10,25-26H,3-4,8,11-21H2,(H,34,38,39). The van der Waals surface area contributed by atoms with Gasteiger partial charge in [0.2, 0.25) is 17.7 Å². The Morgan fingerprint density at radius 3 is 2.67 bits per heavy atom. The maximum absolute atomic E-state index is 13.8. The molecule has 0 bridgehead atoms. The summed E-state index contributed by atoms with van der Waals surface area (Å²) in [5, 5.41) is 2.35. The summed E-state index contributed by atoms with van der Waals surface area (Å²) < 4.78 is 12.2. The van der Waals surface area contributed by atoms with Crippen LogP contribution in [-0.2, 0) is 26.3 Å². The fraction of sp³-hybridized carbons (Fsp3) is 0.515. The normalized spacial score (nSPS) is 24.9. The molecule has 2 unspecified atom stereocenters. The zero-order valence-electron chi connectivity index (χ0n) is 24.4. The Hall–Kier alpha value is -3.92. The van der Waals surface area contributed by atoms with E-state index in [9.17, 15) is 19.2 Å². The fourth-order valence-electron chi connectivity index (χ4n) is 7.61. The number of benzene rings is 2. The highest BCUT2D eigenvalue weighted by atomic mass is 16.5. The number of hydrogen-bond acceptors (Lipinski definition) is 7. The Kier molecular flexibility index (Phi) is 7.33. The second-order valence-electron chi connectivity index (χ2n) is 12.5. The Morgan fingerprint density at radius 2 is 1.84 bits per heavy atom. The van der Waals surface area contributed by atoms with E-state index in [1.165, 1.54) is 10.5 Å². The van der Waals surface area contributed by atoms with Crippen molar-refractivity contribution in [3.63, 3.8) is 0 Å². The number of rotatable bonds is 6. The number of nitrogens with one attached hydrogen (secondary N) is 1. The predicted molar refractivity (Wildman–Crippen MR) is 157 cm³/mol. The highest BCUT2D eigenvalue weighted by Crippen LogP contribution is 2.45. The molecule has 43 heavy (non-hydrogen) atoms. The van der Waals surface area contributed by atoms with Gasteiger partial charge in [0.25, 0.3) is 5.91 Å². The monoisotopic (exact) mass is 586 g/mol. The molecule has 0 aromatic heterocycles. The average molecular weight is 587 g/mol. The summed E-state index contributed by atoms with van der Waals surface area (Å²) in [6.07, 6.45) is 5.32. The lowest BCUT2D eigenvalue weighted by Gasteiger charge is -2.42. The number of carbonyl (C=O) groups is 4. The van der Waals surface area contributed by atoms with Crippen molar-refractivity contribution in [3.8, 4) is 11.5 Å². The lowest BCUT2D eigenvalue weighted by Crippen LogP contribution is -2.55. The topological polar surface area (TPSA) is 108 Å². The molecule has 0 radical (unpaired) electrons. The van der Waals surface area contributed by atoms with Gasteiger partial charge in [-0.15, -0.1) is 0 Å². The number of fused-ring (bicyclic) bond motifs is 3. The Bertz CT molecular complexity index is 1450. The van der Waals surface area contributed by atoms with E-state index in [2.05, 4.69) is 27.2 Å². The van der Waals surface area contributed by atoms with Crippen molar-refractivity contribution in [1.82, 2.24) is 20.0 Å². The minimum Gasteiger partial charge on any atom is -0.492 e. The molecule has 7 rings (SSSR count). The highest BCUT2D eigenvalue weighted by Gasteiger charge is 2.45. The van der Waals surface area contributed by atoms with Crippen molar-refractivity contribution in [2.75, 3.05) is 39.4 Å². The van der Waals surface area contributed by atoms with Crippen LogP contribution in [0.1, 0.15) is 66.4 Å². The Morgan fingerprint density at radius 1 is 1.00 bits per heavy atom. The summed E-state index contributed by atoms with van der Waals surface area (Å²) in [4.78, 5) is 56.8. The maximum Gasteiger partial charge on any atom is 0.255 e. The van der Waals surface area contributed by atoms with Gasteiger partial charge < -0.3 is 19.3 Å². The molecule has 5 aliphatic heterocycles. The van der Waals surface area contributed by atoms with Crippen LogP contribution in [0.15, 0.2) is 42.5 Å². The number of likely N-dealkylation sites (tertiary alicyclic amines) is 2. The van der Waals surface area contributed by atoms with Gasteiger partial charge in [0.1, 0.15) is 24.1 Å². The summed E-state index contributed by atoms with van der Waals surface area (Å²) in [7, 11) is 0. The van der Waals surface area contributed by atoms with Gasteiger partial charge in [0.15, 0.2) is 0 Å². The van der Waals surface area contributed by atoms with Gasteiger partial charge in [-0.1, -0.05) is 30.7 Å². The largest absolute Gasteiger partial charge is 0.492 e. The van der Waals surface area contributed by atoms with Crippen LogP contribution in [0.3, 0.4) is 0 Å². The van der Waals surface area contributed by atoms with Crippen LogP contribution in [0.25, 0.3) is 0 Å². The first-order chi connectivity index (χ1) is 20.9. The molecule has 2 aromatic rings. The molecule has 5 heterocycles. The molecule has 4 amide bonds. The molecule has 5 aliphatic rings. The molecule has 226 valence electrons. The SMILES string of the molecule is O=C1CCC(N2Cc3c(OCCN4CCCCC4C(=O)N4CCC5(CC4)COc4ccccc45)cccc3C2=O)C(=O)N1. The summed E-state index contributed by atoms with van der Waals surface area (Å²) in [5.41, 5.74) is 2.60. The van der Waals surface area contributed by atoms with E-state index in [1.807, 2.05) is 18.2 Å². The molecular formula is C33H38N4O6. The van der Waals surface area contributed by atoms with E-state index in [-0.39, 0.29) is 42.1 Å². The summed E-state index contributed by atoms with van der Waals surface area (Å²) in [6.45, 7) is 4.31. The molecule has 1 N–H and O–H groups in total. The van der Waals surface area contributed by atoms with Crippen molar-refractivity contribution < 1.29 is 28.7 Å². The molecule has 3 saturated heterocycles. The molecule has 2 aromatic carbocycles. The Balaban J connectivity index is 0.964. The number of para-hydroxylation sites is 1. The predicted octanol–water partition coefficient (Wildman–Crippen LogP) is 2.63. The molecule has 3 fully saturated rings. The van der Waals surface area contributed by atoms with Gasteiger partial charge in [-0.3, -0.25) is 29.4 Å². The van der Waals surface area contributed by atoms with Gasteiger partial charge in [-0.25, -0.2) is 0 Å². The summed E-state index contributed by atoms with van der Waals surface area (Å²) in [5.74, 6) is 0.882. The molecule has 10 nitrogen and oxygen atoms in total. The van der Waals surface area contributed by atoms with Crippen molar-refractivity contribution in [2.45, 2.75) is 69.0 Å². The minimum absolute atomic E-state index is 0.0125. The third kappa shape index (κ3) is 5.05. The van der Waals surface area contributed by atoms with Crippen molar-refractivity contribution in [2.24, 2.45) is 0 Å². The van der Waals surface area contributed by atoms with Crippen LogP contribution in [0.2, 0.25) is 0 Å². The van der Waals surface area contributed by atoms with Crippen LogP contribution >= 0.6 is 0 Å². The molecular weight excluding hydrogens is 548 g/mol. The lowest BCUT2D eigenvalue weighted by molar-refractivity contribution is -0.140. The zero-order valence-corrected chi connectivity index (χ0v) is 24.4. The molecule has 0 aliphatic carbocycles. The number of amides is 4. The first kappa shape index (κ1) is 27.9. The Labute approximate surface area is 251 Å². The number of piperidine rings is 3. The number of ether oxygens (including phenoxy) is 2. The number of imide groups is 1. The van der Waals surface area contributed by atoms with E-state index in [0.29, 0.717) is 37.5 Å². The molecule has 2 atom stereocenters. The van der Waals surface area contributed by atoms with E-state index in [0.717, 1.165) is 63.1 Å². The second kappa shape index (κ2) is 11.3. The van der Waals surface area contributed by atoms with Gasteiger partial charge in [0, 0.05) is 48.2 Å². The van der Waals surface area contributed by atoms with Crippen molar-refractivity contribution in [1.29, 1.82) is 0 Å². The van der Waals surface area contributed by atoms with Gasteiger partial charge in [-0.2, -0.15) is 0 Å². The number of nitrogens with zero attached hydrogens (tertiary/aromatic N) is 3. The van der Waals surface area contributed by atoms with Crippen LogP contribution in [-0.4, -0.2) is 89.8 Å². The molecule has 0 saturated carbocycles. The van der Waals surface area contributed by atoms with E-state index in [1.54, 1.807) is 12.1 Å². The lowest BCUT2D eigenvalue weighted by atomic mass is 9.74. The van der Waals surface area contributed by atoms with Crippen LogP contribution in [0, 0.1) is 0 Å².